The lowest BCUT2D eigenvalue weighted by Crippen LogP contribution is -2.39. The zero-order chi connectivity index (χ0) is 28.8. The van der Waals surface area contributed by atoms with Gasteiger partial charge in [-0.15, -0.1) is 0 Å². The molecule has 0 spiro atoms. The quantitative estimate of drug-likeness (QED) is 0.106. The van der Waals surface area contributed by atoms with Crippen molar-refractivity contribution in [1.29, 1.82) is 0 Å². The van der Waals surface area contributed by atoms with Gasteiger partial charge < -0.3 is 19.3 Å². The number of carbonyl (C=O) groups excluding carboxylic acids is 1. The van der Waals surface area contributed by atoms with Crippen LogP contribution in [-0.2, 0) is 19.0 Å². The van der Waals surface area contributed by atoms with E-state index in [1.165, 1.54) is 44.9 Å². The molecule has 6 nitrogen and oxygen atoms in total. The molecule has 1 aromatic rings. The van der Waals surface area contributed by atoms with Gasteiger partial charge in [-0.1, -0.05) is 109 Å². The summed E-state index contributed by atoms with van der Waals surface area (Å²) in [5.41, 5.74) is 0.516. The summed E-state index contributed by atoms with van der Waals surface area (Å²) in [4.78, 5) is 25.5. The molecule has 3 unspecified atom stereocenters. The first kappa shape index (κ1) is 34.3. The van der Waals surface area contributed by atoms with Crippen LogP contribution in [0, 0.1) is 5.92 Å². The summed E-state index contributed by atoms with van der Waals surface area (Å²) in [6, 6.07) is 9.05. The fourth-order valence-electron chi connectivity index (χ4n) is 5.55. The van der Waals surface area contributed by atoms with E-state index in [2.05, 4.69) is 13.8 Å². The molecule has 0 aliphatic carbocycles. The molecule has 0 amide bonds. The Bertz CT molecular complexity index is 776. The SMILES string of the molecule is CCCCCCCCCCCC(CC(O[C@H]1CCCCO1)C(CCCCCC)C(=O)O)OC(=O)c1ccccc1. The van der Waals surface area contributed by atoms with Gasteiger partial charge in [-0.05, 0) is 50.7 Å². The van der Waals surface area contributed by atoms with Crippen molar-refractivity contribution in [3.63, 3.8) is 0 Å². The van der Waals surface area contributed by atoms with Gasteiger partial charge in [-0.2, -0.15) is 0 Å². The third kappa shape index (κ3) is 14.6. The van der Waals surface area contributed by atoms with E-state index >= 15 is 0 Å². The van der Waals surface area contributed by atoms with Gasteiger partial charge >= 0.3 is 11.9 Å². The smallest absolute Gasteiger partial charge is 0.338 e. The Hall–Kier alpha value is -1.92. The van der Waals surface area contributed by atoms with Crippen LogP contribution in [0.1, 0.15) is 146 Å². The first-order valence-corrected chi connectivity index (χ1v) is 16.3. The molecular formula is C34H56O6. The fourth-order valence-corrected chi connectivity index (χ4v) is 5.55. The van der Waals surface area contributed by atoms with E-state index in [9.17, 15) is 14.7 Å². The van der Waals surface area contributed by atoms with Crippen molar-refractivity contribution in [3.05, 3.63) is 35.9 Å². The Labute approximate surface area is 243 Å². The van der Waals surface area contributed by atoms with Crippen LogP contribution in [0.5, 0.6) is 0 Å². The van der Waals surface area contributed by atoms with Crippen LogP contribution in [0.4, 0.5) is 0 Å². The molecule has 2 rings (SSSR count). The Morgan fingerprint density at radius 3 is 2.05 bits per heavy atom. The van der Waals surface area contributed by atoms with Gasteiger partial charge in [0.25, 0.3) is 0 Å². The van der Waals surface area contributed by atoms with Gasteiger partial charge in [-0.3, -0.25) is 4.79 Å². The Morgan fingerprint density at radius 2 is 1.45 bits per heavy atom. The second kappa shape index (κ2) is 21.8. The topological polar surface area (TPSA) is 82.1 Å². The number of hydrogen-bond acceptors (Lipinski definition) is 5. The lowest BCUT2D eigenvalue weighted by Gasteiger charge is -2.33. The largest absolute Gasteiger partial charge is 0.481 e. The summed E-state index contributed by atoms with van der Waals surface area (Å²) in [6.07, 6.45) is 18.1. The molecular weight excluding hydrogens is 504 g/mol. The zero-order valence-corrected chi connectivity index (χ0v) is 25.3. The van der Waals surface area contributed by atoms with Crippen LogP contribution >= 0.6 is 0 Å². The summed E-state index contributed by atoms with van der Waals surface area (Å²) >= 11 is 0. The summed E-state index contributed by atoms with van der Waals surface area (Å²) in [5.74, 6) is -1.85. The van der Waals surface area contributed by atoms with Crippen LogP contribution in [-0.4, -0.2) is 42.1 Å². The Balaban J connectivity index is 2.06. The van der Waals surface area contributed by atoms with Crippen molar-refractivity contribution in [3.8, 4) is 0 Å². The highest BCUT2D eigenvalue weighted by Crippen LogP contribution is 2.28. The number of rotatable bonds is 23. The van der Waals surface area contributed by atoms with Crippen molar-refractivity contribution >= 4 is 11.9 Å². The number of carbonyl (C=O) groups is 2. The molecule has 1 saturated heterocycles. The molecule has 0 bridgehead atoms. The zero-order valence-electron chi connectivity index (χ0n) is 25.3. The van der Waals surface area contributed by atoms with Gasteiger partial charge in [0, 0.05) is 13.0 Å². The minimum Gasteiger partial charge on any atom is -0.481 e. The first-order valence-electron chi connectivity index (χ1n) is 16.3. The van der Waals surface area contributed by atoms with Crippen LogP contribution in [0.15, 0.2) is 30.3 Å². The molecule has 4 atom stereocenters. The number of benzene rings is 1. The lowest BCUT2D eigenvalue weighted by atomic mass is 9.90. The van der Waals surface area contributed by atoms with Gasteiger partial charge in [0.2, 0.25) is 0 Å². The molecule has 40 heavy (non-hydrogen) atoms. The number of aliphatic carboxylic acids is 1. The van der Waals surface area contributed by atoms with Gasteiger partial charge in [0.1, 0.15) is 6.10 Å². The van der Waals surface area contributed by atoms with E-state index in [0.29, 0.717) is 31.4 Å². The minimum absolute atomic E-state index is 0.357. The molecule has 1 aromatic carbocycles. The fraction of sp³-hybridized carbons (Fsp3) is 0.765. The monoisotopic (exact) mass is 560 g/mol. The highest BCUT2D eigenvalue weighted by Gasteiger charge is 2.34. The van der Waals surface area contributed by atoms with E-state index in [-0.39, 0.29) is 5.97 Å². The predicted molar refractivity (Wildman–Crippen MR) is 160 cm³/mol. The van der Waals surface area contributed by atoms with E-state index in [1.54, 1.807) is 12.1 Å². The Morgan fingerprint density at radius 1 is 0.850 bits per heavy atom. The van der Waals surface area contributed by atoms with Crippen molar-refractivity contribution in [2.24, 2.45) is 5.92 Å². The maximum atomic E-state index is 13.0. The van der Waals surface area contributed by atoms with E-state index < -0.39 is 30.4 Å². The summed E-state index contributed by atoms with van der Waals surface area (Å²) in [6.45, 7) is 5.03. The molecule has 0 radical (unpaired) electrons. The van der Waals surface area contributed by atoms with Gasteiger partial charge in [-0.25, -0.2) is 4.79 Å². The highest BCUT2D eigenvalue weighted by molar-refractivity contribution is 5.89. The van der Waals surface area contributed by atoms with Crippen molar-refractivity contribution in [2.75, 3.05) is 6.61 Å². The molecule has 1 aliphatic rings. The standard InChI is InChI=1S/C34H56O6/c1-3-5-7-9-10-11-12-13-17-23-29(39-34(37)28-21-15-14-16-22-28)27-31(40-32-25-19-20-26-38-32)30(33(35)36)24-18-8-6-4-2/h14-16,21-22,29-32H,3-13,17-20,23-27H2,1-2H3,(H,35,36)/t29?,30?,31?,32-/m0/s1. The molecule has 1 aliphatic heterocycles. The third-order valence-electron chi connectivity index (χ3n) is 8.01. The number of carboxylic acid groups (broad SMARTS) is 1. The Kier molecular flexibility index (Phi) is 18.7. The van der Waals surface area contributed by atoms with E-state index in [0.717, 1.165) is 57.8 Å². The van der Waals surface area contributed by atoms with E-state index in [4.69, 9.17) is 14.2 Å². The van der Waals surface area contributed by atoms with Crippen molar-refractivity contribution in [2.45, 2.75) is 154 Å². The van der Waals surface area contributed by atoms with Crippen LogP contribution < -0.4 is 0 Å². The summed E-state index contributed by atoms with van der Waals surface area (Å²) in [5, 5.41) is 10.2. The molecule has 6 heteroatoms. The average Bonchev–Trinajstić information content (AvgIpc) is 2.96. The maximum absolute atomic E-state index is 13.0. The second-order valence-corrected chi connectivity index (χ2v) is 11.5. The highest BCUT2D eigenvalue weighted by atomic mass is 16.7. The minimum atomic E-state index is -0.839. The van der Waals surface area contributed by atoms with Crippen LogP contribution in [0.3, 0.4) is 0 Å². The lowest BCUT2D eigenvalue weighted by molar-refractivity contribution is -0.207. The predicted octanol–water partition coefficient (Wildman–Crippen LogP) is 9.11. The number of hydrogen-bond donors (Lipinski definition) is 1. The number of unbranched alkanes of at least 4 members (excludes halogenated alkanes) is 11. The number of carboxylic acids is 1. The molecule has 228 valence electrons. The molecule has 1 fully saturated rings. The first-order chi connectivity index (χ1) is 19.5. The molecule has 0 aromatic heterocycles. The molecule has 1 N–H and O–H groups in total. The van der Waals surface area contributed by atoms with Crippen molar-refractivity contribution < 1.29 is 28.9 Å². The summed E-state index contributed by atoms with van der Waals surface area (Å²) < 4.78 is 18.3. The molecule has 1 heterocycles. The van der Waals surface area contributed by atoms with Crippen LogP contribution in [0.2, 0.25) is 0 Å². The van der Waals surface area contributed by atoms with Crippen LogP contribution in [0.25, 0.3) is 0 Å². The number of ether oxygens (including phenoxy) is 3. The second-order valence-electron chi connectivity index (χ2n) is 11.5. The van der Waals surface area contributed by atoms with Crippen molar-refractivity contribution in [1.82, 2.24) is 0 Å². The van der Waals surface area contributed by atoms with E-state index in [1.807, 2.05) is 18.2 Å². The van der Waals surface area contributed by atoms with Gasteiger partial charge in [0.15, 0.2) is 6.29 Å². The summed E-state index contributed by atoms with van der Waals surface area (Å²) in [7, 11) is 0. The average molecular weight is 561 g/mol. The molecule has 0 saturated carbocycles. The maximum Gasteiger partial charge on any atom is 0.338 e. The number of esters is 1. The third-order valence-corrected chi connectivity index (χ3v) is 8.01. The normalized spacial score (nSPS) is 17.7. The van der Waals surface area contributed by atoms with Gasteiger partial charge in [0.05, 0.1) is 17.6 Å².